The number of thiophene rings is 1. The van der Waals surface area contributed by atoms with Crippen LogP contribution in [-0.4, -0.2) is 40.3 Å². The Hall–Kier alpha value is -1.66. The summed E-state index contributed by atoms with van der Waals surface area (Å²) >= 11 is 1.67. The molecule has 1 saturated carbocycles. The van der Waals surface area contributed by atoms with E-state index in [-0.39, 0.29) is 12.0 Å². The zero-order chi connectivity index (χ0) is 17.8. The van der Waals surface area contributed by atoms with Crippen molar-refractivity contribution in [3.8, 4) is 0 Å². The van der Waals surface area contributed by atoms with Crippen LogP contribution in [0.25, 0.3) is 0 Å². The molecule has 2 aliphatic rings. The summed E-state index contributed by atoms with van der Waals surface area (Å²) in [6, 6.07) is 2.10. The summed E-state index contributed by atoms with van der Waals surface area (Å²) < 4.78 is 5.80. The highest BCUT2D eigenvalue weighted by Gasteiger charge is 2.28. The molecule has 0 radical (unpaired) electrons. The Kier molecular flexibility index (Phi) is 5.70. The molecule has 2 aromatic heterocycles. The highest BCUT2D eigenvalue weighted by atomic mass is 32.1. The SMILES string of the molecule is O=C(c1cn[nH]c1C1CCCCC1)N(Cc1ccsc1)CC1CCCO1. The quantitative estimate of drug-likeness (QED) is 0.819. The van der Waals surface area contributed by atoms with Crippen LogP contribution in [0.5, 0.6) is 0 Å². The first-order valence-corrected chi connectivity index (χ1v) is 10.7. The van der Waals surface area contributed by atoms with Crippen molar-refractivity contribution in [2.75, 3.05) is 13.2 Å². The van der Waals surface area contributed by atoms with E-state index in [9.17, 15) is 4.79 Å². The molecule has 3 heterocycles. The standard InChI is InChI=1S/C20H27N3O2S/c24-20(18-11-21-22-19(18)16-5-2-1-3-6-16)23(12-15-8-10-26-14-15)13-17-7-4-9-25-17/h8,10-11,14,16-17H,1-7,9,12-13H2,(H,21,22). The molecule has 2 aromatic rings. The Morgan fingerprint density at radius 2 is 2.15 bits per heavy atom. The minimum Gasteiger partial charge on any atom is -0.376 e. The largest absolute Gasteiger partial charge is 0.376 e. The van der Waals surface area contributed by atoms with E-state index >= 15 is 0 Å². The lowest BCUT2D eigenvalue weighted by molar-refractivity contribution is 0.0506. The number of H-pyrrole nitrogens is 1. The normalized spacial score (nSPS) is 21.2. The summed E-state index contributed by atoms with van der Waals surface area (Å²) in [5.41, 5.74) is 2.98. The number of aromatic amines is 1. The Balaban J connectivity index is 1.54. The summed E-state index contributed by atoms with van der Waals surface area (Å²) in [6.45, 7) is 2.10. The highest BCUT2D eigenvalue weighted by Crippen LogP contribution is 2.33. The first-order valence-electron chi connectivity index (χ1n) is 9.76. The molecule has 1 N–H and O–H groups in total. The molecule has 4 rings (SSSR count). The second kappa shape index (κ2) is 8.35. The molecule has 1 aliphatic heterocycles. The van der Waals surface area contributed by atoms with Crippen LogP contribution >= 0.6 is 11.3 Å². The van der Waals surface area contributed by atoms with Crippen molar-refractivity contribution in [1.82, 2.24) is 15.1 Å². The molecule has 26 heavy (non-hydrogen) atoms. The first kappa shape index (κ1) is 17.7. The summed E-state index contributed by atoms with van der Waals surface area (Å²) in [6.07, 6.45) is 10.1. The van der Waals surface area contributed by atoms with Crippen molar-refractivity contribution < 1.29 is 9.53 Å². The monoisotopic (exact) mass is 373 g/mol. The van der Waals surface area contributed by atoms with Gasteiger partial charge in [-0.25, -0.2) is 0 Å². The molecule has 0 spiro atoms. The molecule has 1 unspecified atom stereocenters. The lowest BCUT2D eigenvalue weighted by Crippen LogP contribution is -2.37. The van der Waals surface area contributed by atoms with E-state index < -0.39 is 0 Å². The number of rotatable bonds is 6. The third kappa shape index (κ3) is 4.01. The maximum Gasteiger partial charge on any atom is 0.257 e. The van der Waals surface area contributed by atoms with Crippen molar-refractivity contribution in [3.63, 3.8) is 0 Å². The Bertz CT molecular complexity index is 700. The van der Waals surface area contributed by atoms with Crippen molar-refractivity contribution in [3.05, 3.63) is 39.8 Å². The molecule has 6 heteroatoms. The number of carbonyl (C=O) groups excluding carboxylic acids is 1. The molecule has 140 valence electrons. The number of carbonyl (C=O) groups is 1. The fourth-order valence-electron chi connectivity index (χ4n) is 4.20. The average Bonchev–Trinajstić information content (AvgIpc) is 3.43. The van der Waals surface area contributed by atoms with Gasteiger partial charge in [0.1, 0.15) is 0 Å². The Morgan fingerprint density at radius 3 is 2.88 bits per heavy atom. The van der Waals surface area contributed by atoms with E-state index in [1.165, 1.54) is 24.8 Å². The topological polar surface area (TPSA) is 58.2 Å². The second-order valence-corrected chi connectivity index (χ2v) is 8.26. The van der Waals surface area contributed by atoms with Gasteiger partial charge in [-0.3, -0.25) is 9.89 Å². The zero-order valence-corrected chi connectivity index (χ0v) is 16.0. The molecule has 1 amide bonds. The number of hydrogen-bond donors (Lipinski definition) is 1. The molecular formula is C20H27N3O2S. The van der Waals surface area contributed by atoms with Gasteiger partial charge >= 0.3 is 0 Å². The van der Waals surface area contributed by atoms with E-state index in [1.807, 2.05) is 4.90 Å². The van der Waals surface area contributed by atoms with Crippen LogP contribution in [0.2, 0.25) is 0 Å². The fraction of sp³-hybridized carbons (Fsp3) is 0.600. The lowest BCUT2D eigenvalue weighted by atomic mass is 9.85. The summed E-state index contributed by atoms with van der Waals surface area (Å²) in [5.74, 6) is 0.525. The van der Waals surface area contributed by atoms with Crippen molar-refractivity contribution in [2.45, 2.75) is 63.5 Å². The van der Waals surface area contributed by atoms with E-state index in [0.717, 1.165) is 43.5 Å². The van der Waals surface area contributed by atoms with Gasteiger partial charge in [-0.1, -0.05) is 19.3 Å². The van der Waals surface area contributed by atoms with Gasteiger partial charge < -0.3 is 9.64 Å². The van der Waals surface area contributed by atoms with E-state index in [1.54, 1.807) is 17.5 Å². The van der Waals surface area contributed by atoms with Gasteiger partial charge in [0.2, 0.25) is 0 Å². The average molecular weight is 374 g/mol. The predicted octanol–water partition coefficient (Wildman–Crippen LogP) is 4.34. The van der Waals surface area contributed by atoms with Crippen LogP contribution in [0, 0.1) is 0 Å². The van der Waals surface area contributed by atoms with Crippen LogP contribution in [0.15, 0.2) is 23.0 Å². The van der Waals surface area contributed by atoms with Gasteiger partial charge in [0.15, 0.2) is 0 Å². The van der Waals surface area contributed by atoms with Crippen molar-refractivity contribution in [2.24, 2.45) is 0 Å². The van der Waals surface area contributed by atoms with Crippen LogP contribution in [-0.2, 0) is 11.3 Å². The zero-order valence-electron chi connectivity index (χ0n) is 15.2. The number of nitrogens with zero attached hydrogens (tertiary/aromatic N) is 2. The second-order valence-electron chi connectivity index (χ2n) is 7.48. The summed E-state index contributed by atoms with van der Waals surface area (Å²) in [7, 11) is 0. The first-order chi connectivity index (χ1) is 12.8. The van der Waals surface area contributed by atoms with Crippen molar-refractivity contribution in [1.29, 1.82) is 0 Å². The van der Waals surface area contributed by atoms with Crippen LogP contribution in [0.1, 0.15) is 72.5 Å². The maximum atomic E-state index is 13.4. The van der Waals surface area contributed by atoms with Gasteiger partial charge in [-0.05, 0) is 48.1 Å². The number of aromatic nitrogens is 2. The number of amides is 1. The minimum absolute atomic E-state index is 0.0843. The van der Waals surface area contributed by atoms with Gasteiger partial charge in [0, 0.05) is 25.6 Å². The van der Waals surface area contributed by atoms with Crippen molar-refractivity contribution >= 4 is 17.2 Å². The molecule has 1 aliphatic carbocycles. The van der Waals surface area contributed by atoms with E-state index in [2.05, 4.69) is 27.0 Å². The molecule has 0 aromatic carbocycles. The predicted molar refractivity (Wildman–Crippen MR) is 102 cm³/mol. The smallest absolute Gasteiger partial charge is 0.257 e. The Morgan fingerprint density at radius 1 is 1.27 bits per heavy atom. The van der Waals surface area contributed by atoms with Gasteiger partial charge in [-0.15, -0.1) is 0 Å². The molecule has 1 atom stereocenters. The molecule has 5 nitrogen and oxygen atoms in total. The number of ether oxygens (including phenoxy) is 1. The highest BCUT2D eigenvalue weighted by molar-refractivity contribution is 7.07. The van der Waals surface area contributed by atoms with Gasteiger partial charge in [0.25, 0.3) is 5.91 Å². The van der Waals surface area contributed by atoms with Crippen LogP contribution in [0.3, 0.4) is 0 Å². The van der Waals surface area contributed by atoms with E-state index in [4.69, 9.17) is 4.74 Å². The summed E-state index contributed by atoms with van der Waals surface area (Å²) in [5, 5.41) is 11.5. The fourth-order valence-corrected chi connectivity index (χ4v) is 4.86. The molecular weight excluding hydrogens is 346 g/mol. The summed E-state index contributed by atoms with van der Waals surface area (Å²) in [4.78, 5) is 15.4. The molecule has 0 bridgehead atoms. The van der Waals surface area contributed by atoms with Crippen LogP contribution < -0.4 is 0 Å². The maximum absolute atomic E-state index is 13.4. The third-order valence-electron chi connectivity index (χ3n) is 5.60. The third-order valence-corrected chi connectivity index (χ3v) is 6.33. The molecule has 2 fully saturated rings. The molecule has 1 saturated heterocycles. The van der Waals surface area contributed by atoms with Gasteiger partial charge in [-0.2, -0.15) is 16.4 Å². The lowest BCUT2D eigenvalue weighted by Gasteiger charge is -2.27. The minimum atomic E-state index is 0.0843. The van der Waals surface area contributed by atoms with Gasteiger partial charge in [0.05, 0.1) is 23.6 Å². The number of hydrogen-bond acceptors (Lipinski definition) is 4. The van der Waals surface area contributed by atoms with E-state index in [0.29, 0.717) is 19.0 Å². The number of nitrogens with one attached hydrogen (secondary N) is 1. The van der Waals surface area contributed by atoms with Crippen LogP contribution in [0.4, 0.5) is 0 Å². The Labute approximate surface area is 158 Å².